The molecule has 0 radical (unpaired) electrons. The summed E-state index contributed by atoms with van der Waals surface area (Å²) in [7, 11) is 0. The van der Waals surface area contributed by atoms with Gasteiger partial charge in [0.2, 0.25) is 5.91 Å². The number of carbonyl (C=O) groups is 2. The van der Waals surface area contributed by atoms with E-state index in [4.69, 9.17) is 5.11 Å². The number of fused-ring (bicyclic) bond motifs is 1. The Kier molecular flexibility index (Phi) is 4.47. The van der Waals surface area contributed by atoms with Crippen molar-refractivity contribution >= 4 is 29.3 Å². The van der Waals surface area contributed by atoms with Crippen molar-refractivity contribution in [3.05, 3.63) is 24.3 Å². The van der Waals surface area contributed by atoms with Crippen molar-refractivity contribution in [3.8, 4) is 0 Å². The largest absolute Gasteiger partial charge is 0.481 e. The van der Waals surface area contributed by atoms with Gasteiger partial charge in [-0.25, -0.2) is 0 Å². The number of hydrogen-bond donors (Lipinski definition) is 1. The van der Waals surface area contributed by atoms with Crippen molar-refractivity contribution in [2.24, 2.45) is 0 Å². The minimum absolute atomic E-state index is 0.0603. The molecule has 1 aliphatic rings. The van der Waals surface area contributed by atoms with Gasteiger partial charge in [0.15, 0.2) is 0 Å². The first kappa shape index (κ1) is 13.9. The lowest BCUT2D eigenvalue weighted by molar-refractivity contribution is -0.138. The van der Waals surface area contributed by atoms with Gasteiger partial charge in [0.25, 0.3) is 0 Å². The van der Waals surface area contributed by atoms with Crippen LogP contribution in [0.5, 0.6) is 0 Å². The van der Waals surface area contributed by atoms with Crippen LogP contribution < -0.4 is 4.90 Å². The Labute approximate surface area is 116 Å². The number of thioether (sulfide) groups is 1. The first-order valence-corrected chi connectivity index (χ1v) is 7.27. The molecule has 1 atom stereocenters. The lowest BCUT2D eigenvalue weighted by Gasteiger charge is -2.33. The van der Waals surface area contributed by atoms with Gasteiger partial charge in [-0.2, -0.15) is 0 Å². The zero-order chi connectivity index (χ0) is 13.8. The van der Waals surface area contributed by atoms with Gasteiger partial charge in [0.05, 0.1) is 12.1 Å². The fourth-order valence-electron chi connectivity index (χ4n) is 2.10. The molecule has 1 heterocycles. The van der Waals surface area contributed by atoms with Crippen molar-refractivity contribution < 1.29 is 14.7 Å². The maximum absolute atomic E-state index is 12.2. The molecule has 0 spiro atoms. The molecule has 0 aromatic heterocycles. The Morgan fingerprint density at radius 3 is 2.79 bits per heavy atom. The van der Waals surface area contributed by atoms with Crippen molar-refractivity contribution in [1.29, 1.82) is 0 Å². The van der Waals surface area contributed by atoms with Crippen molar-refractivity contribution in [1.82, 2.24) is 0 Å². The maximum atomic E-state index is 12.2. The highest BCUT2D eigenvalue weighted by atomic mass is 32.2. The first-order valence-electron chi connectivity index (χ1n) is 6.39. The van der Waals surface area contributed by atoms with Crippen LogP contribution in [0.1, 0.15) is 26.2 Å². The predicted octanol–water partition coefficient (Wildman–Crippen LogP) is 2.77. The standard InChI is InChI=1S/C14H17NO3S/c1-2-10-9-15(13(16)7-8-14(17)18)11-5-3-4-6-12(11)19-10/h3-6,10H,2,7-9H2,1H3,(H,17,18). The highest BCUT2D eigenvalue weighted by Crippen LogP contribution is 2.39. The summed E-state index contributed by atoms with van der Waals surface area (Å²) in [5.41, 5.74) is 0.910. The van der Waals surface area contributed by atoms with Gasteiger partial charge in [-0.1, -0.05) is 19.1 Å². The van der Waals surface area contributed by atoms with E-state index in [1.807, 2.05) is 24.3 Å². The highest BCUT2D eigenvalue weighted by Gasteiger charge is 2.27. The van der Waals surface area contributed by atoms with Gasteiger partial charge in [-0.3, -0.25) is 9.59 Å². The first-order chi connectivity index (χ1) is 9.11. The Balaban J connectivity index is 2.19. The molecule has 102 valence electrons. The molecule has 1 aliphatic heterocycles. The third kappa shape index (κ3) is 3.29. The molecule has 1 N–H and O–H groups in total. The molecule has 0 aliphatic carbocycles. The third-order valence-electron chi connectivity index (χ3n) is 3.15. The molecule has 0 bridgehead atoms. The van der Waals surface area contributed by atoms with Gasteiger partial charge in [-0.05, 0) is 18.6 Å². The van der Waals surface area contributed by atoms with E-state index in [9.17, 15) is 9.59 Å². The van der Waals surface area contributed by atoms with Crippen molar-refractivity contribution in [2.45, 2.75) is 36.3 Å². The topological polar surface area (TPSA) is 57.6 Å². The summed E-state index contributed by atoms with van der Waals surface area (Å²) < 4.78 is 0. The minimum atomic E-state index is -0.930. The number of para-hydroxylation sites is 1. The SMILES string of the molecule is CCC1CN(C(=O)CCC(=O)O)c2ccccc2S1. The second-order valence-electron chi connectivity index (χ2n) is 4.51. The molecule has 1 unspecified atom stereocenters. The summed E-state index contributed by atoms with van der Waals surface area (Å²) in [5.74, 6) is -1.03. The quantitative estimate of drug-likeness (QED) is 0.920. The minimum Gasteiger partial charge on any atom is -0.481 e. The summed E-state index contributed by atoms with van der Waals surface area (Å²) in [6.45, 7) is 2.77. The number of rotatable bonds is 4. The van der Waals surface area contributed by atoms with Crippen LogP contribution in [0.25, 0.3) is 0 Å². The smallest absolute Gasteiger partial charge is 0.303 e. The van der Waals surface area contributed by atoms with Crippen LogP contribution in [-0.4, -0.2) is 28.8 Å². The Morgan fingerprint density at radius 1 is 1.37 bits per heavy atom. The second-order valence-corrected chi connectivity index (χ2v) is 5.86. The maximum Gasteiger partial charge on any atom is 0.303 e. The van der Waals surface area contributed by atoms with Crippen LogP contribution in [0.3, 0.4) is 0 Å². The fraction of sp³-hybridized carbons (Fsp3) is 0.429. The third-order valence-corrected chi connectivity index (χ3v) is 4.56. The Hall–Kier alpha value is -1.49. The van der Waals surface area contributed by atoms with Gasteiger partial charge in [0.1, 0.15) is 0 Å². The molecule has 0 saturated heterocycles. The van der Waals surface area contributed by atoms with E-state index in [1.165, 1.54) is 0 Å². The molecule has 1 aromatic carbocycles. The predicted molar refractivity (Wildman–Crippen MR) is 75.6 cm³/mol. The van der Waals surface area contributed by atoms with Gasteiger partial charge < -0.3 is 10.0 Å². The Morgan fingerprint density at radius 2 is 2.11 bits per heavy atom. The fourth-order valence-corrected chi connectivity index (χ4v) is 3.30. The number of carbonyl (C=O) groups excluding carboxylic acids is 1. The summed E-state index contributed by atoms with van der Waals surface area (Å²) in [4.78, 5) is 25.6. The van der Waals surface area contributed by atoms with Crippen LogP contribution in [0.2, 0.25) is 0 Å². The zero-order valence-corrected chi connectivity index (χ0v) is 11.7. The molecule has 0 saturated carbocycles. The molecular weight excluding hydrogens is 262 g/mol. The number of benzene rings is 1. The Bertz CT molecular complexity index is 489. The van der Waals surface area contributed by atoms with Crippen LogP contribution in [0.4, 0.5) is 5.69 Å². The number of aliphatic carboxylic acids is 1. The lowest BCUT2D eigenvalue weighted by atomic mass is 10.2. The van der Waals surface area contributed by atoms with Crippen molar-refractivity contribution in [3.63, 3.8) is 0 Å². The van der Waals surface area contributed by atoms with E-state index in [-0.39, 0.29) is 18.7 Å². The normalized spacial score (nSPS) is 17.9. The van der Waals surface area contributed by atoms with Crippen LogP contribution in [-0.2, 0) is 9.59 Å². The molecule has 2 rings (SSSR count). The number of carboxylic acid groups (broad SMARTS) is 1. The number of anilines is 1. The molecule has 0 fully saturated rings. The van der Waals surface area contributed by atoms with E-state index < -0.39 is 5.97 Å². The van der Waals surface area contributed by atoms with Crippen LogP contribution >= 0.6 is 11.8 Å². The van der Waals surface area contributed by atoms with E-state index in [0.29, 0.717) is 11.8 Å². The lowest BCUT2D eigenvalue weighted by Crippen LogP contribution is -2.39. The molecule has 1 amide bonds. The van der Waals surface area contributed by atoms with Gasteiger partial charge in [0, 0.05) is 23.1 Å². The zero-order valence-electron chi connectivity index (χ0n) is 10.8. The van der Waals surface area contributed by atoms with Crippen LogP contribution in [0.15, 0.2) is 29.2 Å². The number of hydrogen-bond acceptors (Lipinski definition) is 3. The number of carboxylic acids is 1. The molecule has 4 nitrogen and oxygen atoms in total. The van der Waals surface area contributed by atoms with Gasteiger partial charge in [-0.15, -0.1) is 11.8 Å². The average molecular weight is 279 g/mol. The number of nitrogens with zero attached hydrogens (tertiary/aromatic N) is 1. The van der Waals surface area contributed by atoms with E-state index in [0.717, 1.165) is 17.0 Å². The molecule has 19 heavy (non-hydrogen) atoms. The summed E-state index contributed by atoms with van der Waals surface area (Å²) >= 11 is 1.79. The molecule has 5 heteroatoms. The highest BCUT2D eigenvalue weighted by molar-refractivity contribution is 8.00. The van der Waals surface area contributed by atoms with E-state index in [1.54, 1.807) is 16.7 Å². The number of amides is 1. The van der Waals surface area contributed by atoms with Crippen molar-refractivity contribution in [2.75, 3.05) is 11.4 Å². The molecule has 1 aromatic rings. The monoisotopic (exact) mass is 279 g/mol. The van der Waals surface area contributed by atoms with E-state index in [2.05, 4.69) is 6.92 Å². The second kappa shape index (κ2) is 6.10. The summed E-state index contributed by atoms with van der Waals surface area (Å²) in [6, 6.07) is 7.80. The van der Waals surface area contributed by atoms with Gasteiger partial charge >= 0.3 is 5.97 Å². The average Bonchev–Trinajstić information content (AvgIpc) is 2.43. The van der Waals surface area contributed by atoms with E-state index >= 15 is 0 Å². The van der Waals surface area contributed by atoms with Crippen LogP contribution in [0, 0.1) is 0 Å². The summed E-state index contributed by atoms with van der Waals surface area (Å²) in [6.07, 6.45) is 0.938. The molecular formula is C14H17NO3S. The summed E-state index contributed by atoms with van der Waals surface area (Å²) in [5, 5.41) is 9.06.